The number of aromatic nitrogens is 2. The second kappa shape index (κ2) is 3.67. The molecule has 4 heteroatoms. The lowest BCUT2D eigenvalue weighted by atomic mass is 10.1. The molecule has 0 aromatic carbocycles. The molecule has 62 valence electrons. The van der Waals surface area contributed by atoms with Gasteiger partial charge in [0, 0.05) is 11.9 Å². The number of hydrogen-bond acceptors (Lipinski definition) is 4. The highest BCUT2D eigenvalue weighted by Gasteiger charge is 2.01. The minimum atomic E-state index is 0.354. The molecule has 0 bridgehead atoms. The number of nitrogens with zero attached hydrogens (tertiary/aromatic N) is 3. The van der Waals surface area contributed by atoms with Crippen molar-refractivity contribution in [3.8, 4) is 6.19 Å². The highest BCUT2D eigenvalue weighted by Crippen LogP contribution is 2.11. The minimum absolute atomic E-state index is 0.354. The molecule has 0 radical (unpaired) electrons. The highest BCUT2D eigenvalue weighted by atomic mass is 15.1. The summed E-state index contributed by atoms with van der Waals surface area (Å²) < 4.78 is 0. The SMILES string of the molecule is CC(C)c1ccnc(NC#N)n1. The Kier molecular flexibility index (Phi) is 2.59. The van der Waals surface area contributed by atoms with Crippen LogP contribution in [0.1, 0.15) is 25.5 Å². The summed E-state index contributed by atoms with van der Waals surface area (Å²) in [4.78, 5) is 7.98. The first kappa shape index (κ1) is 8.47. The van der Waals surface area contributed by atoms with Gasteiger partial charge in [-0.05, 0) is 12.0 Å². The van der Waals surface area contributed by atoms with E-state index < -0.39 is 0 Å². The van der Waals surface area contributed by atoms with E-state index in [4.69, 9.17) is 5.26 Å². The van der Waals surface area contributed by atoms with Crippen LogP contribution < -0.4 is 5.32 Å². The Morgan fingerprint density at radius 3 is 2.92 bits per heavy atom. The van der Waals surface area contributed by atoms with Crippen molar-refractivity contribution < 1.29 is 0 Å². The lowest BCUT2D eigenvalue weighted by Crippen LogP contribution is -1.99. The van der Waals surface area contributed by atoms with Gasteiger partial charge in [-0.2, -0.15) is 5.26 Å². The third-order valence-corrected chi connectivity index (χ3v) is 1.44. The third-order valence-electron chi connectivity index (χ3n) is 1.44. The Labute approximate surface area is 71.3 Å². The molecular weight excluding hydrogens is 152 g/mol. The van der Waals surface area contributed by atoms with Gasteiger partial charge in [0.2, 0.25) is 5.95 Å². The van der Waals surface area contributed by atoms with Crippen molar-refractivity contribution in [3.05, 3.63) is 18.0 Å². The molecule has 0 fully saturated rings. The summed E-state index contributed by atoms with van der Waals surface area (Å²) >= 11 is 0. The van der Waals surface area contributed by atoms with Gasteiger partial charge in [-0.25, -0.2) is 9.97 Å². The summed E-state index contributed by atoms with van der Waals surface area (Å²) in [6.45, 7) is 4.08. The van der Waals surface area contributed by atoms with E-state index in [0.717, 1.165) is 5.69 Å². The zero-order valence-corrected chi connectivity index (χ0v) is 7.07. The van der Waals surface area contributed by atoms with Crippen molar-refractivity contribution >= 4 is 5.95 Å². The second-order valence-corrected chi connectivity index (χ2v) is 2.70. The molecule has 0 aliphatic heterocycles. The van der Waals surface area contributed by atoms with Crippen molar-refractivity contribution in [2.75, 3.05) is 5.32 Å². The van der Waals surface area contributed by atoms with Crippen LogP contribution in [0.2, 0.25) is 0 Å². The fraction of sp³-hybridized carbons (Fsp3) is 0.375. The molecule has 4 nitrogen and oxygen atoms in total. The van der Waals surface area contributed by atoms with Crippen LogP contribution in [0.5, 0.6) is 0 Å². The fourth-order valence-electron chi connectivity index (χ4n) is 0.804. The summed E-state index contributed by atoms with van der Waals surface area (Å²) in [6, 6.07) is 1.84. The summed E-state index contributed by atoms with van der Waals surface area (Å²) in [6.07, 6.45) is 3.42. The van der Waals surface area contributed by atoms with Gasteiger partial charge < -0.3 is 0 Å². The van der Waals surface area contributed by atoms with E-state index in [0.29, 0.717) is 11.9 Å². The highest BCUT2D eigenvalue weighted by molar-refractivity contribution is 5.30. The summed E-state index contributed by atoms with van der Waals surface area (Å²) in [5.74, 6) is 0.718. The Morgan fingerprint density at radius 2 is 2.33 bits per heavy atom. The predicted octanol–water partition coefficient (Wildman–Crippen LogP) is 1.49. The zero-order chi connectivity index (χ0) is 8.97. The number of nitrogens with one attached hydrogen (secondary N) is 1. The maximum atomic E-state index is 8.31. The van der Waals surface area contributed by atoms with Gasteiger partial charge in [0.25, 0.3) is 0 Å². The molecule has 0 atom stereocenters. The lowest BCUT2D eigenvalue weighted by Gasteiger charge is -2.03. The first-order chi connectivity index (χ1) is 5.74. The first-order valence-corrected chi connectivity index (χ1v) is 3.72. The van der Waals surface area contributed by atoms with Crippen molar-refractivity contribution in [1.29, 1.82) is 5.26 Å². The number of hydrogen-bond donors (Lipinski definition) is 1. The van der Waals surface area contributed by atoms with Crippen LogP contribution in [0.25, 0.3) is 0 Å². The second-order valence-electron chi connectivity index (χ2n) is 2.70. The van der Waals surface area contributed by atoms with Gasteiger partial charge in [0.1, 0.15) is 0 Å². The summed E-state index contributed by atoms with van der Waals surface area (Å²) in [5.41, 5.74) is 0.933. The number of anilines is 1. The van der Waals surface area contributed by atoms with Gasteiger partial charge in [0.15, 0.2) is 6.19 Å². The smallest absolute Gasteiger partial charge is 0.236 e. The maximum absolute atomic E-state index is 8.31. The van der Waals surface area contributed by atoms with Gasteiger partial charge in [-0.3, -0.25) is 5.32 Å². The molecule has 0 aliphatic carbocycles. The molecule has 1 aromatic heterocycles. The van der Waals surface area contributed by atoms with E-state index in [9.17, 15) is 0 Å². The molecule has 1 rings (SSSR count). The van der Waals surface area contributed by atoms with Gasteiger partial charge >= 0.3 is 0 Å². The standard InChI is InChI=1S/C8H10N4/c1-6(2)7-3-4-10-8(12-7)11-5-9/h3-4,6H,1-2H3,(H,10,11,12). The monoisotopic (exact) mass is 162 g/mol. The van der Waals surface area contributed by atoms with Gasteiger partial charge in [-0.1, -0.05) is 13.8 Å². The van der Waals surface area contributed by atoms with Crippen LogP contribution in [0.4, 0.5) is 5.95 Å². The van der Waals surface area contributed by atoms with E-state index in [2.05, 4.69) is 15.3 Å². The molecule has 0 saturated heterocycles. The Balaban J connectivity index is 2.90. The first-order valence-electron chi connectivity index (χ1n) is 3.72. The molecule has 1 N–H and O–H groups in total. The van der Waals surface area contributed by atoms with E-state index in [1.807, 2.05) is 19.9 Å². The summed E-state index contributed by atoms with van der Waals surface area (Å²) in [7, 11) is 0. The Bertz CT molecular complexity index is 300. The topological polar surface area (TPSA) is 61.6 Å². The van der Waals surface area contributed by atoms with Crippen molar-refractivity contribution in [2.24, 2.45) is 0 Å². The molecule has 0 unspecified atom stereocenters. The quantitative estimate of drug-likeness (QED) is 0.528. The number of rotatable bonds is 2. The molecule has 12 heavy (non-hydrogen) atoms. The molecule has 0 spiro atoms. The van der Waals surface area contributed by atoms with Crippen LogP contribution in [-0.4, -0.2) is 9.97 Å². The minimum Gasteiger partial charge on any atom is -0.261 e. The molecule has 0 saturated carbocycles. The van der Waals surface area contributed by atoms with E-state index in [1.165, 1.54) is 0 Å². The Morgan fingerprint density at radius 1 is 1.58 bits per heavy atom. The largest absolute Gasteiger partial charge is 0.261 e. The van der Waals surface area contributed by atoms with E-state index in [-0.39, 0.29) is 0 Å². The average Bonchev–Trinajstić information content (AvgIpc) is 2.05. The van der Waals surface area contributed by atoms with E-state index in [1.54, 1.807) is 12.4 Å². The van der Waals surface area contributed by atoms with Crippen molar-refractivity contribution in [2.45, 2.75) is 19.8 Å². The molecule has 0 amide bonds. The van der Waals surface area contributed by atoms with Crippen LogP contribution in [0.15, 0.2) is 12.3 Å². The average molecular weight is 162 g/mol. The van der Waals surface area contributed by atoms with Crippen LogP contribution in [0.3, 0.4) is 0 Å². The predicted molar refractivity (Wildman–Crippen MR) is 45.4 cm³/mol. The third kappa shape index (κ3) is 1.92. The van der Waals surface area contributed by atoms with Crippen LogP contribution >= 0.6 is 0 Å². The molecule has 1 aromatic rings. The maximum Gasteiger partial charge on any atom is 0.236 e. The summed E-state index contributed by atoms with van der Waals surface area (Å²) in [5, 5.41) is 10.7. The fourth-order valence-corrected chi connectivity index (χ4v) is 0.804. The van der Waals surface area contributed by atoms with Gasteiger partial charge in [0.05, 0.1) is 0 Å². The van der Waals surface area contributed by atoms with Crippen LogP contribution in [0, 0.1) is 11.5 Å². The molecule has 0 aliphatic rings. The van der Waals surface area contributed by atoms with E-state index >= 15 is 0 Å². The Hall–Kier alpha value is -1.63. The molecular formula is C8H10N4. The number of nitriles is 1. The normalized spacial score (nSPS) is 9.50. The van der Waals surface area contributed by atoms with Gasteiger partial charge in [-0.15, -0.1) is 0 Å². The van der Waals surface area contributed by atoms with Crippen LogP contribution in [-0.2, 0) is 0 Å². The van der Waals surface area contributed by atoms with Crippen molar-refractivity contribution in [1.82, 2.24) is 9.97 Å². The lowest BCUT2D eigenvalue weighted by molar-refractivity contribution is 0.817. The zero-order valence-electron chi connectivity index (χ0n) is 7.07. The van der Waals surface area contributed by atoms with Crippen molar-refractivity contribution in [3.63, 3.8) is 0 Å². The molecule has 1 heterocycles.